The van der Waals surface area contributed by atoms with E-state index in [4.69, 9.17) is 5.73 Å². The van der Waals surface area contributed by atoms with Gasteiger partial charge < -0.3 is 10.7 Å². The Balaban J connectivity index is 2.09. The summed E-state index contributed by atoms with van der Waals surface area (Å²) >= 11 is 0. The number of H-pyrrole nitrogens is 1. The lowest BCUT2D eigenvalue weighted by molar-refractivity contribution is 0.409. The third-order valence-corrected chi connectivity index (χ3v) is 3.38. The first-order chi connectivity index (χ1) is 9.58. The lowest BCUT2D eigenvalue weighted by Gasteiger charge is -2.15. The molecule has 0 spiro atoms. The van der Waals surface area contributed by atoms with E-state index < -0.39 is 0 Å². The summed E-state index contributed by atoms with van der Waals surface area (Å²) in [4.78, 5) is 7.65. The zero-order valence-electron chi connectivity index (χ0n) is 12.1. The molecular formula is C16H22FN3. The highest BCUT2D eigenvalue weighted by Gasteiger charge is 2.12. The van der Waals surface area contributed by atoms with Gasteiger partial charge in [0.15, 0.2) is 0 Å². The first-order valence-electron chi connectivity index (χ1n) is 7.08. The smallest absolute Gasteiger partial charge is 0.123 e. The fourth-order valence-electron chi connectivity index (χ4n) is 2.47. The SMILES string of the molecule is CC(C)CC(CN)Cc1ncc(-c2cccc(F)c2)[nH]1. The Morgan fingerprint density at radius 2 is 2.15 bits per heavy atom. The zero-order chi connectivity index (χ0) is 14.5. The second kappa shape index (κ2) is 6.66. The molecule has 1 atom stereocenters. The van der Waals surface area contributed by atoms with Crippen LogP contribution in [0.3, 0.4) is 0 Å². The molecule has 20 heavy (non-hydrogen) atoms. The van der Waals surface area contributed by atoms with Gasteiger partial charge in [0.2, 0.25) is 0 Å². The van der Waals surface area contributed by atoms with Gasteiger partial charge in [0.05, 0.1) is 11.9 Å². The third-order valence-electron chi connectivity index (χ3n) is 3.38. The number of halogens is 1. The van der Waals surface area contributed by atoms with Gasteiger partial charge in [0.1, 0.15) is 11.6 Å². The maximum absolute atomic E-state index is 13.2. The van der Waals surface area contributed by atoms with Crippen LogP contribution in [0.4, 0.5) is 4.39 Å². The molecule has 0 aliphatic carbocycles. The summed E-state index contributed by atoms with van der Waals surface area (Å²) in [6.45, 7) is 5.06. The minimum atomic E-state index is -0.238. The fraction of sp³-hybridized carbons (Fsp3) is 0.438. The van der Waals surface area contributed by atoms with Crippen molar-refractivity contribution in [3.05, 3.63) is 42.1 Å². The maximum atomic E-state index is 13.2. The van der Waals surface area contributed by atoms with Gasteiger partial charge in [-0.3, -0.25) is 0 Å². The summed E-state index contributed by atoms with van der Waals surface area (Å²) in [6, 6.07) is 6.52. The predicted molar refractivity (Wildman–Crippen MR) is 79.7 cm³/mol. The summed E-state index contributed by atoms with van der Waals surface area (Å²) in [5.74, 6) is 1.74. The minimum Gasteiger partial charge on any atom is -0.342 e. The highest BCUT2D eigenvalue weighted by atomic mass is 19.1. The molecule has 0 radical (unpaired) electrons. The normalized spacial score (nSPS) is 12.8. The molecule has 0 saturated carbocycles. The molecule has 2 aromatic rings. The molecule has 1 unspecified atom stereocenters. The predicted octanol–water partition coefficient (Wildman–Crippen LogP) is 3.38. The molecule has 1 aromatic heterocycles. The summed E-state index contributed by atoms with van der Waals surface area (Å²) in [7, 11) is 0. The van der Waals surface area contributed by atoms with Crippen molar-refractivity contribution in [2.45, 2.75) is 26.7 Å². The zero-order valence-corrected chi connectivity index (χ0v) is 12.1. The molecule has 0 fully saturated rings. The van der Waals surface area contributed by atoms with Crippen LogP contribution >= 0.6 is 0 Å². The van der Waals surface area contributed by atoms with Crippen LogP contribution in [-0.2, 0) is 6.42 Å². The van der Waals surface area contributed by atoms with E-state index in [0.29, 0.717) is 18.4 Å². The van der Waals surface area contributed by atoms with Gasteiger partial charge in [-0.05, 0) is 36.9 Å². The topological polar surface area (TPSA) is 54.7 Å². The number of benzene rings is 1. The van der Waals surface area contributed by atoms with E-state index in [9.17, 15) is 4.39 Å². The van der Waals surface area contributed by atoms with E-state index >= 15 is 0 Å². The first kappa shape index (κ1) is 14.7. The van der Waals surface area contributed by atoms with Gasteiger partial charge in [-0.15, -0.1) is 0 Å². The Kier molecular flexibility index (Phi) is 4.90. The monoisotopic (exact) mass is 275 g/mol. The molecule has 0 aliphatic heterocycles. The van der Waals surface area contributed by atoms with E-state index in [-0.39, 0.29) is 5.82 Å². The van der Waals surface area contributed by atoms with Crippen molar-refractivity contribution < 1.29 is 4.39 Å². The van der Waals surface area contributed by atoms with Gasteiger partial charge in [-0.2, -0.15) is 0 Å². The molecule has 3 N–H and O–H groups in total. The van der Waals surface area contributed by atoms with Crippen molar-refractivity contribution in [3.8, 4) is 11.3 Å². The van der Waals surface area contributed by atoms with Crippen LogP contribution in [0, 0.1) is 17.7 Å². The van der Waals surface area contributed by atoms with Crippen molar-refractivity contribution in [1.29, 1.82) is 0 Å². The number of nitrogens with two attached hydrogens (primary N) is 1. The average Bonchev–Trinajstić information content (AvgIpc) is 2.86. The number of rotatable bonds is 6. The molecule has 0 saturated heterocycles. The van der Waals surface area contributed by atoms with Gasteiger partial charge in [-0.25, -0.2) is 9.37 Å². The van der Waals surface area contributed by atoms with E-state index in [1.165, 1.54) is 12.1 Å². The summed E-state index contributed by atoms with van der Waals surface area (Å²) < 4.78 is 13.2. The van der Waals surface area contributed by atoms with E-state index in [1.807, 2.05) is 6.07 Å². The summed E-state index contributed by atoms with van der Waals surface area (Å²) in [5, 5.41) is 0. The summed E-state index contributed by atoms with van der Waals surface area (Å²) in [5.41, 5.74) is 7.48. The number of nitrogens with zero attached hydrogens (tertiary/aromatic N) is 1. The molecule has 0 bridgehead atoms. The van der Waals surface area contributed by atoms with E-state index in [0.717, 1.165) is 29.9 Å². The van der Waals surface area contributed by atoms with Crippen molar-refractivity contribution in [2.75, 3.05) is 6.54 Å². The average molecular weight is 275 g/mol. The van der Waals surface area contributed by atoms with Gasteiger partial charge in [0, 0.05) is 12.0 Å². The Hall–Kier alpha value is -1.68. The first-order valence-corrected chi connectivity index (χ1v) is 7.08. The van der Waals surface area contributed by atoms with Crippen molar-refractivity contribution in [2.24, 2.45) is 17.6 Å². The lowest BCUT2D eigenvalue weighted by atomic mass is 9.94. The van der Waals surface area contributed by atoms with Crippen LogP contribution in [0.2, 0.25) is 0 Å². The van der Waals surface area contributed by atoms with Crippen LogP contribution < -0.4 is 5.73 Å². The van der Waals surface area contributed by atoms with Crippen molar-refractivity contribution in [3.63, 3.8) is 0 Å². The molecular weight excluding hydrogens is 253 g/mol. The van der Waals surface area contributed by atoms with Crippen LogP contribution in [0.15, 0.2) is 30.5 Å². The van der Waals surface area contributed by atoms with Gasteiger partial charge >= 0.3 is 0 Å². The Morgan fingerprint density at radius 3 is 2.80 bits per heavy atom. The Bertz CT molecular complexity index is 548. The van der Waals surface area contributed by atoms with Crippen LogP contribution in [0.25, 0.3) is 11.3 Å². The van der Waals surface area contributed by atoms with Crippen molar-refractivity contribution in [1.82, 2.24) is 9.97 Å². The Labute approximate surface area is 119 Å². The molecule has 0 aliphatic rings. The molecule has 2 rings (SSSR count). The molecule has 1 aromatic carbocycles. The van der Waals surface area contributed by atoms with Gasteiger partial charge in [-0.1, -0.05) is 26.0 Å². The standard InChI is InChI=1S/C16H22FN3/c1-11(2)6-12(9-18)7-16-19-10-15(20-16)13-4-3-5-14(17)8-13/h3-5,8,10-12H,6-7,9,18H2,1-2H3,(H,19,20). The largest absolute Gasteiger partial charge is 0.342 e. The number of imidazole rings is 1. The highest BCUT2D eigenvalue weighted by molar-refractivity contribution is 5.58. The number of nitrogens with one attached hydrogen (secondary N) is 1. The number of hydrogen-bond donors (Lipinski definition) is 2. The number of aromatic nitrogens is 2. The molecule has 0 amide bonds. The van der Waals surface area contributed by atoms with Crippen LogP contribution in [0.5, 0.6) is 0 Å². The number of hydrogen-bond acceptors (Lipinski definition) is 2. The van der Waals surface area contributed by atoms with E-state index in [1.54, 1.807) is 12.3 Å². The van der Waals surface area contributed by atoms with Gasteiger partial charge in [0.25, 0.3) is 0 Å². The van der Waals surface area contributed by atoms with Crippen LogP contribution in [0.1, 0.15) is 26.1 Å². The molecule has 1 heterocycles. The van der Waals surface area contributed by atoms with E-state index in [2.05, 4.69) is 23.8 Å². The Morgan fingerprint density at radius 1 is 1.35 bits per heavy atom. The molecule has 3 nitrogen and oxygen atoms in total. The number of aromatic amines is 1. The maximum Gasteiger partial charge on any atom is 0.123 e. The minimum absolute atomic E-state index is 0.238. The highest BCUT2D eigenvalue weighted by Crippen LogP contribution is 2.20. The molecule has 4 heteroatoms. The fourth-order valence-corrected chi connectivity index (χ4v) is 2.47. The second-order valence-electron chi connectivity index (χ2n) is 5.69. The quantitative estimate of drug-likeness (QED) is 0.849. The summed E-state index contributed by atoms with van der Waals surface area (Å²) in [6.07, 6.45) is 3.68. The van der Waals surface area contributed by atoms with Crippen molar-refractivity contribution >= 4 is 0 Å². The second-order valence-corrected chi connectivity index (χ2v) is 5.69. The molecule has 108 valence electrons. The van der Waals surface area contributed by atoms with Crippen LogP contribution in [-0.4, -0.2) is 16.5 Å². The third kappa shape index (κ3) is 3.90. The lowest BCUT2D eigenvalue weighted by Crippen LogP contribution is -2.19.